The predicted molar refractivity (Wildman–Crippen MR) is 123 cm³/mol. The summed E-state index contributed by atoms with van der Waals surface area (Å²) in [5, 5.41) is 4.07. The van der Waals surface area contributed by atoms with Crippen LogP contribution in [-0.2, 0) is 19.5 Å². The number of methoxy groups -OCH3 is 1. The Kier molecular flexibility index (Phi) is 6.85. The van der Waals surface area contributed by atoms with Crippen molar-refractivity contribution in [1.82, 2.24) is 14.4 Å². The quantitative estimate of drug-likeness (QED) is 0.705. The molecule has 2 aromatic heterocycles. The predicted octanol–water partition coefficient (Wildman–Crippen LogP) is 2.94. The number of carbonyl (C=O) groups is 1. The van der Waals surface area contributed by atoms with Crippen molar-refractivity contribution in [2.45, 2.75) is 38.4 Å². The SMILES string of the molecule is COc1cc(=O)n2c(c1C(=O)N(C)Cc1ccsc1)CCN(C1CCSCC1)CC2. The van der Waals surface area contributed by atoms with Crippen molar-refractivity contribution in [2.75, 3.05) is 38.8 Å². The molecule has 0 bridgehead atoms. The lowest BCUT2D eigenvalue weighted by Gasteiger charge is -2.32. The van der Waals surface area contributed by atoms with Crippen molar-refractivity contribution >= 4 is 29.0 Å². The molecule has 0 unspecified atom stereocenters. The van der Waals surface area contributed by atoms with E-state index in [0.29, 0.717) is 36.9 Å². The van der Waals surface area contributed by atoms with Crippen LogP contribution < -0.4 is 10.3 Å². The maximum absolute atomic E-state index is 13.4. The van der Waals surface area contributed by atoms with Gasteiger partial charge >= 0.3 is 0 Å². The van der Waals surface area contributed by atoms with Gasteiger partial charge in [-0.3, -0.25) is 14.5 Å². The first-order chi connectivity index (χ1) is 14.6. The Bertz CT molecular complexity index is 936. The second kappa shape index (κ2) is 9.58. The molecular formula is C22H29N3O3S2. The van der Waals surface area contributed by atoms with Crippen molar-refractivity contribution < 1.29 is 9.53 Å². The van der Waals surface area contributed by atoms with Crippen LogP contribution in [0.1, 0.15) is 34.5 Å². The van der Waals surface area contributed by atoms with Gasteiger partial charge in [-0.05, 0) is 46.7 Å². The van der Waals surface area contributed by atoms with Gasteiger partial charge < -0.3 is 14.2 Å². The van der Waals surface area contributed by atoms with Crippen molar-refractivity contribution in [2.24, 2.45) is 0 Å². The topological polar surface area (TPSA) is 54.8 Å². The van der Waals surface area contributed by atoms with E-state index in [-0.39, 0.29) is 11.5 Å². The molecule has 0 radical (unpaired) electrons. The molecular weight excluding hydrogens is 418 g/mol. The molecule has 8 heteroatoms. The van der Waals surface area contributed by atoms with Crippen LogP contribution >= 0.6 is 23.1 Å². The minimum atomic E-state index is -0.0932. The molecule has 4 heterocycles. The first kappa shape index (κ1) is 21.5. The van der Waals surface area contributed by atoms with Crippen LogP contribution in [0.2, 0.25) is 0 Å². The highest BCUT2D eigenvalue weighted by atomic mass is 32.2. The van der Waals surface area contributed by atoms with Gasteiger partial charge in [-0.2, -0.15) is 23.1 Å². The molecule has 2 aromatic rings. The van der Waals surface area contributed by atoms with E-state index < -0.39 is 0 Å². The van der Waals surface area contributed by atoms with Gasteiger partial charge in [0.15, 0.2) is 0 Å². The molecule has 0 saturated carbocycles. The Morgan fingerprint density at radius 1 is 1.27 bits per heavy atom. The number of nitrogens with zero attached hydrogens (tertiary/aromatic N) is 3. The van der Waals surface area contributed by atoms with Gasteiger partial charge in [0, 0.05) is 57.4 Å². The maximum Gasteiger partial charge on any atom is 0.259 e. The highest BCUT2D eigenvalue weighted by Gasteiger charge is 2.29. The Labute approximate surface area is 185 Å². The van der Waals surface area contributed by atoms with Crippen LogP contribution in [0, 0.1) is 0 Å². The maximum atomic E-state index is 13.4. The molecule has 2 aliphatic heterocycles. The average molecular weight is 448 g/mol. The van der Waals surface area contributed by atoms with Crippen LogP contribution in [0.5, 0.6) is 5.75 Å². The number of hydrogen-bond acceptors (Lipinski definition) is 6. The number of pyridine rings is 1. The molecule has 1 fully saturated rings. The molecule has 0 N–H and O–H groups in total. The summed E-state index contributed by atoms with van der Waals surface area (Å²) in [4.78, 5) is 30.5. The molecule has 0 spiro atoms. The molecule has 6 nitrogen and oxygen atoms in total. The zero-order chi connectivity index (χ0) is 21.1. The van der Waals surface area contributed by atoms with Crippen LogP contribution in [0.15, 0.2) is 27.7 Å². The molecule has 30 heavy (non-hydrogen) atoms. The molecule has 1 amide bonds. The number of rotatable bonds is 5. The highest BCUT2D eigenvalue weighted by molar-refractivity contribution is 7.99. The smallest absolute Gasteiger partial charge is 0.259 e. The third kappa shape index (κ3) is 4.45. The third-order valence-corrected chi connectivity index (χ3v) is 7.90. The van der Waals surface area contributed by atoms with Crippen molar-refractivity contribution in [3.63, 3.8) is 0 Å². The minimum Gasteiger partial charge on any atom is -0.496 e. The summed E-state index contributed by atoms with van der Waals surface area (Å²) in [5.74, 6) is 2.71. The molecule has 4 rings (SSSR count). The second-order valence-corrected chi connectivity index (χ2v) is 9.95. The van der Waals surface area contributed by atoms with E-state index in [2.05, 4.69) is 10.3 Å². The van der Waals surface area contributed by atoms with E-state index in [0.717, 1.165) is 24.3 Å². The van der Waals surface area contributed by atoms with Gasteiger partial charge in [-0.1, -0.05) is 0 Å². The van der Waals surface area contributed by atoms with Crippen molar-refractivity contribution in [3.8, 4) is 5.75 Å². The van der Waals surface area contributed by atoms with Crippen LogP contribution in [0.25, 0.3) is 0 Å². The normalized spacial score (nSPS) is 17.9. The van der Waals surface area contributed by atoms with E-state index >= 15 is 0 Å². The summed E-state index contributed by atoms with van der Waals surface area (Å²) >= 11 is 3.65. The minimum absolute atomic E-state index is 0.0834. The van der Waals surface area contributed by atoms with Gasteiger partial charge in [0.1, 0.15) is 11.3 Å². The number of amides is 1. The number of ether oxygens (including phenoxy) is 1. The number of carbonyl (C=O) groups excluding carboxylic acids is 1. The van der Waals surface area contributed by atoms with Gasteiger partial charge in [-0.25, -0.2) is 0 Å². The standard InChI is InChI=1S/C22H29N3O3S2/c1-23(14-16-4-10-30-15-16)22(27)21-18-3-7-24(17-5-11-29-12-6-17)8-9-25(18)20(26)13-19(21)28-2/h4,10,13,15,17H,3,5-9,11-12,14H2,1-2H3. The number of aromatic nitrogens is 1. The van der Waals surface area contributed by atoms with Gasteiger partial charge in [0.25, 0.3) is 11.5 Å². The number of fused-ring (bicyclic) bond motifs is 1. The highest BCUT2D eigenvalue weighted by Crippen LogP contribution is 2.27. The zero-order valence-electron chi connectivity index (χ0n) is 17.6. The Balaban J connectivity index is 1.63. The number of thioether (sulfide) groups is 1. The van der Waals surface area contributed by atoms with E-state index in [1.807, 2.05) is 30.3 Å². The Morgan fingerprint density at radius 2 is 2.07 bits per heavy atom. The third-order valence-electron chi connectivity index (χ3n) is 6.12. The first-order valence-corrected chi connectivity index (χ1v) is 12.6. The van der Waals surface area contributed by atoms with E-state index in [1.54, 1.807) is 20.8 Å². The number of thiophene rings is 1. The lowest BCUT2D eigenvalue weighted by molar-refractivity contribution is 0.0779. The van der Waals surface area contributed by atoms with Crippen molar-refractivity contribution in [3.05, 3.63) is 50.1 Å². The molecule has 1 saturated heterocycles. The van der Waals surface area contributed by atoms with E-state index in [4.69, 9.17) is 4.74 Å². The summed E-state index contributed by atoms with van der Waals surface area (Å²) < 4.78 is 7.30. The zero-order valence-corrected chi connectivity index (χ0v) is 19.3. The summed E-state index contributed by atoms with van der Waals surface area (Å²) in [7, 11) is 3.34. The monoisotopic (exact) mass is 447 g/mol. The lowest BCUT2D eigenvalue weighted by Crippen LogP contribution is -2.40. The second-order valence-electron chi connectivity index (χ2n) is 7.95. The first-order valence-electron chi connectivity index (χ1n) is 10.5. The summed E-state index contributed by atoms with van der Waals surface area (Å²) in [6.45, 7) is 2.88. The Morgan fingerprint density at radius 3 is 2.77 bits per heavy atom. The molecule has 0 aliphatic carbocycles. The van der Waals surface area contributed by atoms with E-state index in [9.17, 15) is 9.59 Å². The fourth-order valence-electron chi connectivity index (χ4n) is 4.49. The van der Waals surface area contributed by atoms with Gasteiger partial charge in [0.2, 0.25) is 0 Å². The van der Waals surface area contributed by atoms with Gasteiger partial charge in [0.05, 0.1) is 7.11 Å². The van der Waals surface area contributed by atoms with Gasteiger partial charge in [-0.15, -0.1) is 0 Å². The molecule has 0 atom stereocenters. The Hall–Kier alpha value is -1.77. The lowest BCUT2D eigenvalue weighted by atomic mass is 10.1. The largest absolute Gasteiger partial charge is 0.496 e. The molecule has 162 valence electrons. The fraction of sp³-hybridized carbons (Fsp3) is 0.545. The van der Waals surface area contributed by atoms with Crippen molar-refractivity contribution in [1.29, 1.82) is 0 Å². The van der Waals surface area contributed by atoms with Crippen LogP contribution in [0.3, 0.4) is 0 Å². The average Bonchev–Trinajstić information content (AvgIpc) is 3.17. The number of hydrogen-bond donors (Lipinski definition) is 0. The fourth-order valence-corrected chi connectivity index (χ4v) is 6.23. The molecule has 0 aromatic carbocycles. The van der Waals surface area contributed by atoms with Crippen LogP contribution in [-0.4, -0.2) is 65.1 Å². The van der Waals surface area contributed by atoms with Crippen LogP contribution in [0.4, 0.5) is 0 Å². The molecule has 2 aliphatic rings. The summed E-state index contributed by atoms with van der Waals surface area (Å²) in [6.07, 6.45) is 3.09. The summed E-state index contributed by atoms with van der Waals surface area (Å²) in [6, 6.07) is 4.09. The van der Waals surface area contributed by atoms with E-state index in [1.165, 1.54) is 37.5 Å². The summed E-state index contributed by atoms with van der Waals surface area (Å²) in [5.41, 5.74) is 2.38.